The Hall–Kier alpha value is -1.88. The fourth-order valence-corrected chi connectivity index (χ4v) is 3.40. The number of fused-ring (bicyclic) bond motifs is 1. The molecule has 108 valence electrons. The third-order valence-corrected chi connectivity index (χ3v) is 4.60. The van der Waals surface area contributed by atoms with Crippen LogP contribution in [-0.4, -0.2) is 29.3 Å². The van der Waals surface area contributed by atoms with E-state index in [1.807, 2.05) is 30.5 Å². The van der Waals surface area contributed by atoms with Gasteiger partial charge in [-0.2, -0.15) is 0 Å². The van der Waals surface area contributed by atoms with Crippen LogP contribution in [0.5, 0.6) is 0 Å². The van der Waals surface area contributed by atoms with Gasteiger partial charge < -0.3 is 4.74 Å². The Labute approximate surface area is 128 Å². The van der Waals surface area contributed by atoms with Crippen molar-refractivity contribution in [2.24, 2.45) is 0 Å². The van der Waals surface area contributed by atoms with Crippen molar-refractivity contribution in [3.05, 3.63) is 53.3 Å². The molecule has 0 spiro atoms. The third-order valence-electron chi connectivity index (χ3n) is 4.03. The number of esters is 1. The normalized spacial score (nSPS) is 20.1. The second-order valence-electron chi connectivity index (χ2n) is 4.98. The molecule has 0 amide bonds. The van der Waals surface area contributed by atoms with Crippen molar-refractivity contribution >= 4 is 17.7 Å². The highest BCUT2D eigenvalue weighted by Crippen LogP contribution is 2.44. The van der Waals surface area contributed by atoms with E-state index in [4.69, 9.17) is 4.74 Å². The van der Waals surface area contributed by atoms with Gasteiger partial charge in [-0.3, -0.25) is 4.79 Å². The first-order chi connectivity index (χ1) is 10.2. The maximum absolute atomic E-state index is 12.6. The maximum atomic E-state index is 12.6. The molecule has 2 aromatic rings. The number of rotatable bonds is 3. The van der Waals surface area contributed by atoms with Crippen LogP contribution in [-0.2, 0) is 21.4 Å². The molecule has 0 aliphatic heterocycles. The van der Waals surface area contributed by atoms with Crippen molar-refractivity contribution in [3.63, 3.8) is 0 Å². The second kappa shape index (κ2) is 5.48. The van der Waals surface area contributed by atoms with Crippen molar-refractivity contribution in [1.29, 1.82) is 0 Å². The predicted octanol–water partition coefficient (Wildman–Crippen LogP) is 2.60. The van der Waals surface area contributed by atoms with E-state index in [0.29, 0.717) is 11.6 Å². The highest BCUT2D eigenvalue weighted by atomic mass is 32.2. The molecule has 21 heavy (non-hydrogen) atoms. The molecular weight excluding hydrogens is 284 g/mol. The van der Waals surface area contributed by atoms with E-state index in [2.05, 4.69) is 16.0 Å². The van der Waals surface area contributed by atoms with E-state index in [-0.39, 0.29) is 5.97 Å². The summed E-state index contributed by atoms with van der Waals surface area (Å²) in [6, 6.07) is 9.84. The average molecular weight is 300 g/mol. The Bertz CT molecular complexity index is 689. The molecule has 1 aromatic heterocycles. The van der Waals surface area contributed by atoms with Crippen LogP contribution in [0.4, 0.5) is 0 Å². The molecule has 1 aliphatic carbocycles. The molecule has 0 N–H and O–H groups in total. The lowest BCUT2D eigenvalue weighted by Gasteiger charge is -2.27. The Kier molecular flexibility index (Phi) is 3.68. The minimum atomic E-state index is -0.807. The van der Waals surface area contributed by atoms with Gasteiger partial charge in [0, 0.05) is 6.20 Å². The number of carbonyl (C=O) groups is 1. The van der Waals surface area contributed by atoms with Gasteiger partial charge in [-0.15, -0.1) is 0 Å². The van der Waals surface area contributed by atoms with E-state index in [0.717, 1.165) is 17.7 Å². The van der Waals surface area contributed by atoms with Crippen LogP contribution in [0.1, 0.15) is 23.2 Å². The SMILES string of the molecule is COC(=O)C1(c2ccnc(SC)n2)CCc2ccccc21. The fourth-order valence-electron chi connectivity index (χ4n) is 3.05. The Morgan fingerprint density at radius 3 is 2.90 bits per heavy atom. The van der Waals surface area contributed by atoms with Gasteiger partial charge in [-0.05, 0) is 36.3 Å². The summed E-state index contributed by atoms with van der Waals surface area (Å²) >= 11 is 1.47. The number of hydrogen-bond donors (Lipinski definition) is 0. The number of aromatic nitrogens is 2. The summed E-state index contributed by atoms with van der Waals surface area (Å²) in [4.78, 5) is 21.4. The van der Waals surface area contributed by atoms with Gasteiger partial charge in [-0.25, -0.2) is 9.97 Å². The Morgan fingerprint density at radius 2 is 2.14 bits per heavy atom. The lowest BCUT2D eigenvalue weighted by atomic mass is 9.78. The third kappa shape index (κ3) is 2.12. The molecule has 1 atom stereocenters. The first-order valence-corrected chi connectivity index (χ1v) is 7.99. The number of carbonyl (C=O) groups excluding carboxylic acids is 1. The van der Waals surface area contributed by atoms with Crippen LogP contribution in [0.3, 0.4) is 0 Å². The predicted molar refractivity (Wildman–Crippen MR) is 81.4 cm³/mol. The monoisotopic (exact) mass is 300 g/mol. The topological polar surface area (TPSA) is 52.1 Å². The number of aryl methyl sites for hydroxylation is 1. The summed E-state index contributed by atoms with van der Waals surface area (Å²) in [5, 5.41) is 0.667. The summed E-state index contributed by atoms with van der Waals surface area (Å²) < 4.78 is 5.12. The van der Waals surface area contributed by atoms with Crippen molar-refractivity contribution in [2.75, 3.05) is 13.4 Å². The summed E-state index contributed by atoms with van der Waals surface area (Å²) in [5.41, 5.74) is 2.10. The van der Waals surface area contributed by atoms with Gasteiger partial charge >= 0.3 is 5.97 Å². The van der Waals surface area contributed by atoms with Gasteiger partial charge in [0.1, 0.15) is 5.41 Å². The first-order valence-electron chi connectivity index (χ1n) is 6.76. The molecule has 1 heterocycles. The van der Waals surface area contributed by atoms with E-state index < -0.39 is 5.41 Å². The first kappa shape index (κ1) is 14.1. The second-order valence-corrected chi connectivity index (χ2v) is 5.76. The van der Waals surface area contributed by atoms with Crippen molar-refractivity contribution in [2.45, 2.75) is 23.4 Å². The lowest BCUT2D eigenvalue weighted by Crippen LogP contribution is -2.37. The molecule has 1 aliphatic rings. The van der Waals surface area contributed by atoms with Crippen LogP contribution in [0.2, 0.25) is 0 Å². The molecule has 0 saturated carbocycles. The summed E-state index contributed by atoms with van der Waals surface area (Å²) in [6.45, 7) is 0. The fraction of sp³-hybridized carbons (Fsp3) is 0.312. The highest BCUT2D eigenvalue weighted by molar-refractivity contribution is 7.98. The van der Waals surface area contributed by atoms with E-state index in [1.54, 1.807) is 6.20 Å². The quantitative estimate of drug-likeness (QED) is 0.495. The summed E-state index contributed by atoms with van der Waals surface area (Å²) in [7, 11) is 1.43. The molecule has 1 unspecified atom stereocenters. The summed E-state index contributed by atoms with van der Waals surface area (Å²) in [6.07, 6.45) is 5.17. The number of ether oxygens (including phenoxy) is 1. The molecule has 4 nitrogen and oxygen atoms in total. The largest absolute Gasteiger partial charge is 0.468 e. The minimum Gasteiger partial charge on any atom is -0.468 e. The van der Waals surface area contributed by atoms with Crippen LogP contribution >= 0.6 is 11.8 Å². The minimum absolute atomic E-state index is 0.252. The van der Waals surface area contributed by atoms with Crippen molar-refractivity contribution in [1.82, 2.24) is 9.97 Å². The number of methoxy groups -OCH3 is 1. The molecule has 5 heteroatoms. The molecule has 0 fully saturated rings. The Balaban J connectivity index is 2.22. The average Bonchev–Trinajstić information content (AvgIpc) is 2.95. The zero-order valence-electron chi connectivity index (χ0n) is 12.0. The van der Waals surface area contributed by atoms with Crippen LogP contribution in [0, 0.1) is 0 Å². The van der Waals surface area contributed by atoms with E-state index in [9.17, 15) is 4.79 Å². The lowest BCUT2D eigenvalue weighted by molar-refractivity contribution is -0.146. The smallest absolute Gasteiger partial charge is 0.322 e. The van der Waals surface area contributed by atoms with Crippen LogP contribution < -0.4 is 0 Å². The van der Waals surface area contributed by atoms with Crippen LogP contribution in [0.15, 0.2) is 41.7 Å². The molecule has 1 aromatic carbocycles. The van der Waals surface area contributed by atoms with Crippen LogP contribution in [0.25, 0.3) is 0 Å². The van der Waals surface area contributed by atoms with Gasteiger partial charge in [0.15, 0.2) is 5.16 Å². The number of benzene rings is 1. The van der Waals surface area contributed by atoms with Gasteiger partial charge in [0.05, 0.1) is 12.8 Å². The van der Waals surface area contributed by atoms with Gasteiger partial charge in [0.2, 0.25) is 0 Å². The molecule has 3 rings (SSSR count). The molecule has 0 saturated heterocycles. The number of thioether (sulfide) groups is 1. The van der Waals surface area contributed by atoms with E-state index in [1.165, 1.54) is 24.4 Å². The highest BCUT2D eigenvalue weighted by Gasteiger charge is 2.49. The molecular formula is C16H16N2O2S. The van der Waals surface area contributed by atoms with Crippen molar-refractivity contribution < 1.29 is 9.53 Å². The number of hydrogen-bond acceptors (Lipinski definition) is 5. The maximum Gasteiger partial charge on any atom is 0.322 e. The zero-order valence-corrected chi connectivity index (χ0v) is 12.8. The number of nitrogens with zero attached hydrogens (tertiary/aromatic N) is 2. The summed E-state index contributed by atoms with van der Waals surface area (Å²) in [5.74, 6) is -0.252. The standard InChI is InChI=1S/C16H16N2O2S/c1-20-14(19)16(13-8-10-17-15(18-13)21-2)9-7-11-5-3-4-6-12(11)16/h3-6,8,10H,7,9H2,1-2H3. The van der Waals surface area contributed by atoms with Gasteiger partial charge in [0.25, 0.3) is 0 Å². The van der Waals surface area contributed by atoms with Gasteiger partial charge in [-0.1, -0.05) is 36.0 Å². The Morgan fingerprint density at radius 1 is 1.33 bits per heavy atom. The molecule has 0 radical (unpaired) electrons. The van der Waals surface area contributed by atoms with E-state index >= 15 is 0 Å². The molecule has 0 bridgehead atoms. The zero-order chi connectivity index (χ0) is 14.9. The van der Waals surface area contributed by atoms with Crippen molar-refractivity contribution in [3.8, 4) is 0 Å².